The van der Waals surface area contributed by atoms with E-state index in [4.69, 9.17) is 9.15 Å². The molecule has 0 amide bonds. The number of ether oxygens (including phenoxy) is 1. The van der Waals surface area contributed by atoms with E-state index in [0.29, 0.717) is 17.6 Å². The molecule has 0 atom stereocenters. The summed E-state index contributed by atoms with van der Waals surface area (Å²) in [5.41, 5.74) is 2.72. The Kier molecular flexibility index (Phi) is 3.62. The highest BCUT2D eigenvalue weighted by atomic mass is 16.5. The Balaban J connectivity index is 1.66. The molecule has 0 unspecified atom stereocenters. The molecule has 1 aromatic heterocycles. The average Bonchev–Trinajstić information content (AvgIpc) is 2.61. The van der Waals surface area contributed by atoms with Crippen LogP contribution in [0, 0.1) is 0 Å². The van der Waals surface area contributed by atoms with Crippen molar-refractivity contribution in [2.75, 3.05) is 0 Å². The first kappa shape index (κ1) is 14.1. The zero-order chi connectivity index (χ0) is 15.6. The lowest BCUT2D eigenvalue weighted by atomic mass is 9.96. The quantitative estimate of drug-likeness (QED) is 0.726. The molecule has 0 saturated heterocycles. The van der Waals surface area contributed by atoms with E-state index in [9.17, 15) is 4.79 Å². The molecule has 1 aliphatic carbocycles. The Morgan fingerprint density at radius 1 is 1.00 bits per heavy atom. The van der Waals surface area contributed by atoms with Gasteiger partial charge in [0.25, 0.3) is 0 Å². The van der Waals surface area contributed by atoms with Crippen LogP contribution in [0.1, 0.15) is 29.7 Å². The topological polar surface area (TPSA) is 39.4 Å². The number of hydrogen-bond donors (Lipinski definition) is 0. The summed E-state index contributed by atoms with van der Waals surface area (Å²) >= 11 is 0. The highest BCUT2D eigenvalue weighted by molar-refractivity contribution is 5.79. The molecule has 23 heavy (non-hydrogen) atoms. The summed E-state index contributed by atoms with van der Waals surface area (Å²) < 4.78 is 11.8. The molecule has 1 heterocycles. The van der Waals surface area contributed by atoms with Gasteiger partial charge in [-0.05, 0) is 37.0 Å². The van der Waals surface area contributed by atoms with Gasteiger partial charge in [0, 0.05) is 18.1 Å². The maximum atomic E-state index is 12.6. The summed E-state index contributed by atoms with van der Waals surface area (Å²) in [6.45, 7) is 0.502. The van der Waals surface area contributed by atoms with E-state index in [1.54, 1.807) is 0 Å². The molecule has 0 bridgehead atoms. The van der Waals surface area contributed by atoms with E-state index >= 15 is 0 Å². The van der Waals surface area contributed by atoms with Crippen LogP contribution in [0.2, 0.25) is 0 Å². The molecule has 1 aliphatic rings. The first-order chi connectivity index (χ1) is 11.3. The van der Waals surface area contributed by atoms with E-state index in [0.717, 1.165) is 48.3 Å². The standard InChI is InChI=1S/C20H18O3/c21-20-16-8-4-5-9-18(16)23-19-12-15(10-11-17(19)20)22-13-14-6-2-1-3-7-14/h1-3,6-7,10-12H,4-5,8-9,13H2. The van der Waals surface area contributed by atoms with Crippen molar-refractivity contribution in [2.45, 2.75) is 32.3 Å². The monoisotopic (exact) mass is 306 g/mol. The van der Waals surface area contributed by atoms with Gasteiger partial charge in [0.2, 0.25) is 0 Å². The molecule has 2 aromatic carbocycles. The van der Waals surface area contributed by atoms with Crippen LogP contribution >= 0.6 is 0 Å². The third-order valence-corrected chi connectivity index (χ3v) is 4.37. The second kappa shape index (κ2) is 5.92. The maximum Gasteiger partial charge on any atom is 0.196 e. The third kappa shape index (κ3) is 2.74. The lowest BCUT2D eigenvalue weighted by Gasteiger charge is -2.14. The van der Waals surface area contributed by atoms with Crippen LogP contribution in [0.5, 0.6) is 5.75 Å². The smallest absolute Gasteiger partial charge is 0.196 e. The normalized spacial score (nSPS) is 13.7. The third-order valence-electron chi connectivity index (χ3n) is 4.37. The summed E-state index contributed by atoms with van der Waals surface area (Å²) in [7, 11) is 0. The molecular formula is C20H18O3. The van der Waals surface area contributed by atoms with Crippen molar-refractivity contribution in [3.05, 3.63) is 75.6 Å². The lowest BCUT2D eigenvalue weighted by Crippen LogP contribution is -2.16. The van der Waals surface area contributed by atoms with Gasteiger partial charge in [0.15, 0.2) is 5.43 Å². The van der Waals surface area contributed by atoms with Crippen LogP contribution in [-0.4, -0.2) is 0 Å². The number of fused-ring (bicyclic) bond motifs is 2. The van der Waals surface area contributed by atoms with Crippen LogP contribution < -0.4 is 10.2 Å². The van der Waals surface area contributed by atoms with Crippen molar-refractivity contribution in [2.24, 2.45) is 0 Å². The molecule has 3 heteroatoms. The van der Waals surface area contributed by atoms with Crippen molar-refractivity contribution in [3.8, 4) is 5.75 Å². The first-order valence-corrected chi connectivity index (χ1v) is 8.06. The van der Waals surface area contributed by atoms with Crippen molar-refractivity contribution in [1.82, 2.24) is 0 Å². The molecule has 0 saturated carbocycles. The van der Waals surface area contributed by atoms with Gasteiger partial charge in [0.1, 0.15) is 23.7 Å². The van der Waals surface area contributed by atoms with Crippen LogP contribution in [0.25, 0.3) is 11.0 Å². The highest BCUT2D eigenvalue weighted by Gasteiger charge is 2.17. The van der Waals surface area contributed by atoms with Gasteiger partial charge in [-0.1, -0.05) is 30.3 Å². The number of aryl methyl sites for hydroxylation is 1. The first-order valence-electron chi connectivity index (χ1n) is 8.06. The van der Waals surface area contributed by atoms with Gasteiger partial charge in [-0.3, -0.25) is 4.79 Å². The second-order valence-corrected chi connectivity index (χ2v) is 5.97. The Hall–Kier alpha value is -2.55. The predicted octanol–water partition coefficient (Wildman–Crippen LogP) is 4.25. The molecule has 4 rings (SSSR count). The highest BCUT2D eigenvalue weighted by Crippen LogP contribution is 2.26. The Morgan fingerprint density at radius 3 is 2.70 bits per heavy atom. The Labute approximate surface area is 134 Å². The van der Waals surface area contributed by atoms with Crippen molar-refractivity contribution < 1.29 is 9.15 Å². The van der Waals surface area contributed by atoms with Gasteiger partial charge >= 0.3 is 0 Å². The Morgan fingerprint density at radius 2 is 1.83 bits per heavy atom. The van der Waals surface area contributed by atoms with Gasteiger partial charge in [-0.15, -0.1) is 0 Å². The van der Waals surface area contributed by atoms with E-state index in [1.165, 1.54) is 0 Å². The number of rotatable bonds is 3. The zero-order valence-corrected chi connectivity index (χ0v) is 12.9. The minimum atomic E-state index is 0.121. The van der Waals surface area contributed by atoms with Crippen molar-refractivity contribution in [1.29, 1.82) is 0 Å². The van der Waals surface area contributed by atoms with Crippen molar-refractivity contribution >= 4 is 11.0 Å². The average molecular weight is 306 g/mol. The SMILES string of the molecule is O=c1c2c(oc3cc(OCc4ccccc4)ccc13)CCCC2. The fourth-order valence-corrected chi connectivity index (χ4v) is 3.13. The summed E-state index contributed by atoms with van der Waals surface area (Å²) in [4.78, 5) is 12.6. The largest absolute Gasteiger partial charge is 0.489 e. The van der Waals surface area contributed by atoms with Gasteiger partial charge in [-0.25, -0.2) is 0 Å². The molecule has 0 fully saturated rings. The molecule has 0 spiro atoms. The van der Waals surface area contributed by atoms with Gasteiger partial charge in [-0.2, -0.15) is 0 Å². The van der Waals surface area contributed by atoms with Crippen LogP contribution in [0.4, 0.5) is 0 Å². The summed E-state index contributed by atoms with van der Waals surface area (Å²) in [5.74, 6) is 1.58. The molecule has 0 aliphatic heterocycles. The van der Waals surface area contributed by atoms with Crippen LogP contribution in [0.15, 0.2) is 57.7 Å². The molecule has 116 valence electrons. The zero-order valence-electron chi connectivity index (χ0n) is 12.9. The number of benzene rings is 2. The minimum absolute atomic E-state index is 0.121. The fourth-order valence-electron chi connectivity index (χ4n) is 3.13. The fraction of sp³-hybridized carbons (Fsp3) is 0.250. The van der Waals surface area contributed by atoms with E-state index < -0.39 is 0 Å². The van der Waals surface area contributed by atoms with E-state index in [1.807, 2.05) is 48.5 Å². The Bertz CT molecular complexity index is 894. The summed E-state index contributed by atoms with van der Waals surface area (Å²) in [5, 5.41) is 0.651. The van der Waals surface area contributed by atoms with Crippen molar-refractivity contribution in [3.63, 3.8) is 0 Å². The van der Waals surface area contributed by atoms with E-state index in [-0.39, 0.29) is 5.43 Å². The molecule has 0 N–H and O–H groups in total. The lowest BCUT2D eigenvalue weighted by molar-refractivity contribution is 0.306. The second-order valence-electron chi connectivity index (χ2n) is 5.97. The minimum Gasteiger partial charge on any atom is -0.489 e. The predicted molar refractivity (Wildman–Crippen MR) is 89.9 cm³/mol. The van der Waals surface area contributed by atoms with E-state index in [2.05, 4.69) is 0 Å². The molecule has 0 radical (unpaired) electrons. The van der Waals surface area contributed by atoms with Crippen LogP contribution in [-0.2, 0) is 19.4 Å². The summed E-state index contributed by atoms with van der Waals surface area (Å²) in [6.07, 6.45) is 3.85. The summed E-state index contributed by atoms with van der Waals surface area (Å²) in [6, 6.07) is 15.5. The maximum absolute atomic E-state index is 12.6. The van der Waals surface area contributed by atoms with Crippen LogP contribution in [0.3, 0.4) is 0 Å². The molecule has 3 nitrogen and oxygen atoms in total. The van der Waals surface area contributed by atoms with Gasteiger partial charge < -0.3 is 9.15 Å². The van der Waals surface area contributed by atoms with Gasteiger partial charge in [0.05, 0.1) is 5.39 Å². The molecule has 3 aromatic rings. The molecular weight excluding hydrogens is 288 g/mol. The number of hydrogen-bond acceptors (Lipinski definition) is 3.